The molecule has 1 aromatic carbocycles. The van der Waals surface area contributed by atoms with Crippen LogP contribution in [0.15, 0.2) is 24.3 Å². The van der Waals surface area contributed by atoms with Gasteiger partial charge in [-0.1, -0.05) is 12.1 Å². The molecule has 15 heavy (non-hydrogen) atoms. The van der Waals surface area contributed by atoms with Crippen molar-refractivity contribution in [3.8, 4) is 5.75 Å². The molecule has 3 nitrogen and oxygen atoms in total. The standard InChI is InChI=1S/C12H14O3/c1-15-9-4-2-3-8(7-9)10-5-6-11(10)12(13)14/h2-4,7,10-11H,5-6H2,1H3,(H,13,14). The van der Waals surface area contributed by atoms with E-state index in [9.17, 15) is 4.79 Å². The fourth-order valence-corrected chi connectivity index (χ4v) is 2.07. The topological polar surface area (TPSA) is 46.5 Å². The minimum atomic E-state index is -0.686. The highest BCUT2D eigenvalue weighted by Crippen LogP contribution is 2.43. The van der Waals surface area contributed by atoms with Crippen molar-refractivity contribution in [1.82, 2.24) is 0 Å². The van der Waals surface area contributed by atoms with E-state index in [4.69, 9.17) is 9.84 Å². The molecule has 1 aliphatic rings. The molecule has 1 saturated carbocycles. The summed E-state index contributed by atoms with van der Waals surface area (Å²) in [6.07, 6.45) is 1.75. The fourth-order valence-electron chi connectivity index (χ4n) is 2.07. The van der Waals surface area contributed by atoms with E-state index in [-0.39, 0.29) is 11.8 Å². The van der Waals surface area contributed by atoms with Crippen molar-refractivity contribution in [2.75, 3.05) is 7.11 Å². The Morgan fingerprint density at radius 2 is 2.27 bits per heavy atom. The van der Waals surface area contributed by atoms with Crippen molar-refractivity contribution < 1.29 is 14.6 Å². The van der Waals surface area contributed by atoms with Crippen LogP contribution >= 0.6 is 0 Å². The summed E-state index contributed by atoms with van der Waals surface area (Å²) in [5, 5.41) is 8.96. The molecule has 1 aliphatic carbocycles. The Balaban J connectivity index is 2.19. The van der Waals surface area contributed by atoms with E-state index in [2.05, 4.69) is 0 Å². The van der Waals surface area contributed by atoms with Crippen LogP contribution in [0.4, 0.5) is 0 Å². The minimum absolute atomic E-state index is 0.164. The number of benzene rings is 1. The molecule has 0 aromatic heterocycles. The van der Waals surface area contributed by atoms with E-state index in [1.54, 1.807) is 7.11 Å². The molecule has 0 saturated heterocycles. The smallest absolute Gasteiger partial charge is 0.307 e. The van der Waals surface area contributed by atoms with Gasteiger partial charge in [-0.2, -0.15) is 0 Å². The second kappa shape index (κ2) is 3.93. The molecule has 1 fully saturated rings. The summed E-state index contributed by atoms with van der Waals surface area (Å²) in [5.74, 6) is 0.0623. The second-order valence-corrected chi connectivity index (χ2v) is 3.91. The summed E-state index contributed by atoms with van der Waals surface area (Å²) in [6.45, 7) is 0. The molecular weight excluding hydrogens is 192 g/mol. The van der Waals surface area contributed by atoms with Crippen molar-refractivity contribution in [2.45, 2.75) is 18.8 Å². The van der Waals surface area contributed by atoms with Crippen LogP contribution < -0.4 is 4.74 Å². The highest BCUT2D eigenvalue weighted by molar-refractivity contribution is 5.72. The third kappa shape index (κ3) is 1.82. The number of carboxylic acid groups (broad SMARTS) is 1. The Hall–Kier alpha value is -1.51. The summed E-state index contributed by atoms with van der Waals surface area (Å²) in [4.78, 5) is 10.9. The van der Waals surface area contributed by atoms with Gasteiger partial charge < -0.3 is 9.84 Å². The normalized spacial score (nSPS) is 24.3. The van der Waals surface area contributed by atoms with Crippen LogP contribution in [0.5, 0.6) is 5.75 Å². The number of carboxylic acids is 1. The van der Waals surface area contributed by atoms with Gasteiger partial charge in [-0.15, -0.1) is 0 Å². The number of ether oxygens (including phenoxy) is 1. The molecule has 1 N–H and O–H groups in total. The van der Waals surface area contributed by atoms with E-state index in [1.807, 2.05) is 24.3 Å². The lowest BCUT2D eigenvalue weighted by atomic mass is 9.70. The monoisotopic (exact) mass is 206 g/mol. The van der Waals surface area contributed by atoms with Gasteiger partial charge in [-0.25, -0.2) is 0 Å². The van der Waals surface area contributed by atoms with Crippen LogP contribution in [0.3, 0.4) is 0 Å². The van der Waals surface area contributed by atoms with Crippen LogP contribution in [-0.4, -0.2) is 18.2 Å². The molecule has 0 radical (unpaired) electrons. The predicted octanol–water partition coefficient (Wildman–Crippen LogP) is 2.27. The molecule has 2 unspecified atom stereocenters. The van der Waals surface area contributed by atoms with Gasteiger partial charge in [0, 0.05) is 0 Å². The third-order valence-electron chi connectivity index (χ3n) is 3.11. The summed E-state index contributed by atoms with van der Waals surface area (Å²) >= 11 is 0. The van der Waals surface area contributed by atoms with Gasteiger partial charge in [-0.3, -0.25) is 4.79 Å². The zero-order chi connectivity index (χ0) is 10.8. The molecule has 0 heterocycles. The molecule has 0 spiro atoms. The largest absolute Gasteiger partial charge is 0.497 e. The van der Waals surface area contributed by atoms with Gasteiger partial charge in [0.15, 0.2) is 0 Å². The lowest BCUT2D eigenvalue weighted by Crippen LogP contribution is -2.30. The Bertz CT molecular complexity index is 373. The second-order valence-electron chi connectivity index (χ2n) is 3.91. The van der Waals surface area contributed by atoms with E-state index >= 15 is 0 Å². The van der Waals surface area contributed by atoms with Gasteiger partial charge in [0.25, 0.3) is 0 Å². The van der Waals surface area contributed by atoms with Crippen LogP contribution in [-0.2, 0) is 4.79 Å². The number of hydrogen-bond acceptors (Lipinski definition) is 2. The lowest BCUT2D eigenvalue weighted by molar-refractivity contribution is -0.145. The van der Waals surface area contributed by atoms with E-state index in [0.717, 1.165) is 24.2 Å². The quantitative estimate of drug-likeness (QED) is 0.825. The van der Waals surface area contributed by atoms with Gasteiger partial charge in [0.05, 0.1) is 13.0 Å². The first kappa shape index (κ1) is 10.0. The zero-order valence-corrected chi connectivity index (χ0v) is 8.64. The molecule has 80 valence electrons. The summed E-state index contributed by atoms with van der Waals surface area (Å²) < 4.78 is 5.12. The maximum Gasteiger partial charge on any atom is 0.307 e. The van der Waals surface area contributed by atoms with Gasteiger partial charge in [-0.05, 0) is 36.5 Å². The molecular formula is C12H14O3. The molecule has 1 aromatic rings. The Morgan fingerprint density at radius 3 is 2.80 bits per heavy atom. The molecule has 2 atom stereocenters. The van der Waals surface area contributed by atoms with Crippen LogP contribution in [0.1, 0.15) is 24.3 Å². The number of methoxy groups -OCH3 is 1. The number of hydrogen-bond donors (Lipinski definition) is 1. The molecule has 0 bridgehead atoms. The Morgan fingerprint density at radius 1 is 1.47 bits per heavy atom. The summed E-state index contributed by atoms with van der Waals surface area (Å²) in [5.41, 5.74) is 1.08. The van der Waals surface area contributed by atoms with Crippen LogP contribution in [0, 0.1) is 5.92 Å². The number of aliphatic carboxylic acids is 1. The molecule has 0 aliphatic heterocycles. The van der Waals surface area contributed by atoms with Gasteiger partial charge in [0.2, 0.25) is 0 Å². The van der Waals surface area contributed by atoms with Crippen molar-refractivity contribution in [3.63, 3.8) is 0 Å². The average Bonchev–Trinajstić information content (AvgIpc) is 2.15. The van der Waals surface area contributed by atoms with E-state index in [1.165, 1.54) is 0 Å². The summed E-state index contributed by atoms with van der Waals surface area (Å²) in [6, 6.07) is 7.69. The maximum absolute atomic E-state index is 10.9. The first-order valence-electron chi connectivity index (χ1n) is 5.09. The zero-order valence-electron chi connectivity index (χ0n) is 8.64. The summed E-state index contributed by atoms with van der Waals surface area (Å²) in [7, 11) is 1.62. The van der Waals surface area contributed by atoms with Crippen LogP contribution in [0.25, 0.3) is 0 Å². The number of rotatable bonds is 3. The lowest BCUT2D eigenvalue weighted by Gasteiger charge is -2.33. The highest BCUT2D eigenvalue weighted by atomic mass is 16.5. The predicted molar refractivity (Wildman–Crippen MR) is 56.1 cm³/mol. The van der Waals surface area contributed by atoms with Crippen molar-refractivity contribution in [1.29, 1.82) is 0 Å². The van der Waals surface area contributed by atoms with Gasteiger partial charge in [0.1, 0.15) is 5.75 Å². The maximum atomic E-state index is 10.9. The SMILES string of the molecule is COc1cccc(C2CCC2C(=O)O)c1. The first-order valence-corrected chi connectivity index (χ1v) is 5.09. The third-order valence-corrected chi connectivity index (χ3v) is 3.11. The van der Waals surface area contributed by atoms with Crippen molar-refractivity contribution >= 4 is 5.97 Å². The average molecular weight is 206 g/mol. The Kier molecular flexibility index (Phi) is 2.62. The van der Waals surface area contributed by atoms with Gasteiger partial charge >= 0.3 is 5.97 Å². The fraction of sp³-hybridized carbons (Fsp3) is 0.417. The van der Waals surface area contributed by atoms with E-state index < -0.39 is 5.97 Å². The molecule has 0 amide bonds. The van der Waals surface area contributed by atoms with Crippen molar-refractivity contribution in [3.05, 3.63) is 29.8 Å². The minimum Gasteiger partial charge on any atom is -0.497 e. The highest BCUT2D eigenvalue weighted by Gasteiger charge is 2.37. The molecule has 2 rings (SSSR count). The first-order chi connectivity index (χ1) is 7.22. The Labute approximate surface area is 88.7 Å². The van der Waals surface area contributed by atoms with Crippen LogP contribution in [0.2, 0.25) is 0 Å². The van der Waals surface area contributed by atoms with E-state index in [0.29, 0.717) is 0 Å². The number of carbonyl (C=O) groups is 1. The molecule has 3 heteroatoms. The van der Waals surface area contributed by atoms with Crippen molar-refractivity contribution in [2.24, 2.45) is 5.92 Å².